The predicted molar refractivity (Wildman–Crippen MR) is 60.5 cm³/mol. The number of primary amides is 1. The minimum Gasteiger partial charge on any atom is -0.370 e. The third kappa shape index (κ3) is 6.98. The van der Waals surface area contributed by atoms with Crippen LogP contribution < -0.4 is 11.1 Å². The summed E-state index contributed by atoms with van der Waals surface area (Å²) in [4.78, 5) is 33.4. The molecule has 0 unspecified atom stereocenters. The summed E-state index contributed by atoms with van der Waals surface area (Å²) in [5.41, 5.74) is 4.84. The van der Waals surface area contributed by atoms with Gasteiger partial charge in [0.2, 0.25) is 11.8 Å². The van der Waals surface area contributed by atoms with Gasteiger partial charge in [-0.25, -0.2) is 0 Å². The molecule has 5 heteroatoms. The number of hydrogen-bond acceptors (Lipinski definition) is 3. The first-order chi connectivity index (χ1) is 7.11. The van der Waals surface area contributed by atoms with Gasteiger partial charge in [0.15, 0.2) is 5.78 Å². The van der Waals surface area contributed by atoms with Crippen molar-refractivity contribution >= 4 is 17.6 Å². The lowest BCUT2D eigenvalue weighted by atomic mass is 9.91. The molecule has 0 aliphatic heterocycles. The molecule has 0 saturated heterocycles. The molecular formula is C11H20N2O3. The highest BCUT2D eigenvalue weighted by molar-refractivity contribution is 5.91. The molecule has 2 amide bonds. The van der Waals surface area contributed by atoms with E-state index in [0.29, 0.717) is 6.42 Å². The van der Waals surface area contributed by atoms with Gasteiger partial charge < -0.3 is 11.1 Å². The predicted octanol–water partition coefficient (Wildman–Crippen LogP) is 0.372. The van der Waals surface area contributed by atoms with Crippen molar-refractivity contribution in [3.05, 3.63) is 0 Å². The van der Waals surface area contributed by atoms with Crippen LogP contribution in [0.3, 0.4) is 0 Å². The SMILES string of the molecule is CC(=O)[C@H](CC(N)=O)NC(=O)CC(C)(C)C. The van der Waals surface area contributed by atoms with Crippen molar-refractivity contribution in [3.63, 3.8) is 0 Å². The molecule has 0 aromatic carbocycles. The lowest BCUT2D eigenvalue weighted by molar-refractivity contribution is -0.129. The molecule has 0 bridgehead atoms. The number of carbonyl (C=O) groups excluding carboxylic acids is 3. The van der Waals surface area contributed by atoms with Gasteiger partial charge in [0.05, 0.1) is 12.5 Å². The fraction of sp³-hybridized carbons (Fsp3) is 0.727. The van der Waals surface area contributed by atoms with Gasteiger partial charge in [-0.05, 0) is 12.3 Å². The zero-order valence-electron chi connectivity index (χ0n) is 10.3. The van der Waals surface area contributed by atoms with Crippen LogP contribution in [-0.2, 0) is 14.4 Å². The fourth-order valence-electron chi connectivity index (χ4n) is 1.22. The second-order valence-electron chi connectivity index (χ2n) is 5.14. The van der Waals surface area contributed by atoms with Crippen LogP contribution in [-0.4, -0.2) is 23.6 Å². The van der Waals surface area contributed by atoms with Crippen molar-refractivity contribution in [2.75, 3.05) is 0 Å². The van der Waals surface area contributed by atoms with E-state index >= 15 is 0 Å². The van der Waals surface area contributed by atoms with Crippen molar-refractivity contribution in [1.29, 1.82) is 0 Å². The smallest absolute Gasteiger partial charge is 0.221 e. The van der Waals surface area contributed by atoms with E-state index in [9.17, 15) is 14.4 Å². The molecule has 0 aliphatic rings. The van der Waals surface area contributed by atoms with Crippen LogP contribution in [0.15, 0.2) is 0 Å². The molecule has 92 valence electrons. The largest absolute Gasteiger partial charge is 0.370 e. The van der Waals surface area contributed by atoms with Gasteiger partial charge in [-0.15, -0.1) is 0 Å². The molecule has 1 atom stereocenters. The van der Waals surface area contributed by atoms with E-state index in [1.807, 2.05) is 20.8 Å². The number of ketones is 1. The van der Waals surface area contributed by atoms with E-state index in [2.05, 4.69) is 5.32 Å². The van der Waals surface area contributed by atoms with Gasteiger partial charge in [-0.2, -0.15) is 0 Å². The lowest BCUT2D eigenvalue weighted by Gasteiger charge is -2.20. The summed E-state index contributed by atoms with van der Waals surface area (Å²) in [5, 5.41) is 2.52. The number of hydrogen-bond donors (Lipinski definition) is 2. The molecule has 0 spiro atoms. The van der Waals surface area contributed by atoms with E-state index in [-0.39, 0.29) is 23.5 Å². The zero-order valence-corrected chi connectivity index (χ0v) is 10.3. The molecule has 3 N–H and O–H groups in total. The number of carbonyl (C=O) groups is 3. The van der Waals surface area contributed by atoms with Gasteiger partial charge in [0, 0.05) is 6.42 Å². The Balaban J connectivity index is 4.35. The first-order valence-electron chi connectivity index (χ1n) is 5.20. The standard InChI is InChI=1S/C11H20N2O3/c1-7(14)8(5-9(12)15)13-10(16)6-11(2,3)4/h8H,5-6H2,1-4H3,(H2,12,15)(H,13,16)/t8-/m0/s1. The summed E-state index contributed by atoms with van der Waals surface area (Å²) in [6.07, 6.45) is 0.154. The second kappa shape index (κ2) is 5.63. The maximum atomic E-state index is 11.5. The molecule has 0 aromatic heterocycles. The van der Waals surface area contributed by atoms with Crippen LogP contribution in [0.25, 0.3) is 0 Å². The quantitative estimate of drug-likeness (QED) is 0.712. The van der Waals surface area contributed by atoms with Crippen molar-refractivity contribution in [2.24, 2.45) is 11.1 Å². The molecule has 0 aromatic rings. The normalized spacial score (nSPS) is 13.0. The molecule has 16 heavy (non-hydrogen) atoms. The Morgan fingerprint density at radius 2 is 1.75 bits per heavy atom. The number of rotatable bonds is 5. The third-order valence-corrected chi connectivity index (χ3v) is 1.92. The van der Waals surface area contributed by atoms with Crippen LogP contribution in [0.2, 0.25) is 0 Å². The highest BCUT2D eigenvalue weighted by Gasteiger charge is 2.22. The Kier molecular flexibility index (Phi) is 5.14. The van der Waals surface area contributed by atoms with Crippen LogP contribution >= 0.6 is 0 Å². The molecule has 0 radical (unpaired) electrons. The van der Waals surface area contributed by atoms with Crippen LogP contribution in [0.1, 0.15) is 40.5 Å². The van der Waals surface area contributed by atoms with Crippen LogP contribution in [0.5, 0.6) is 0 Å². The fourth-order valence-corrected chi connectivity index (χ4v) is 1.22. The van der Waals surface area contributed by atoms with Gasteiger partial charge in [0.25, 0.3) is 0 Å². The number of nitrogens with one attached hydrogen (secondary N) is 1. The molecule has 0 fully saturated rings. The average Bonchev–Trinajstić information content (AvgIpc) is 1.97. The number of Topliss-reactive ketones (excluding diaryl/α,β-unsaturated/α-hetero) is 1. The van der Waals surface area contributed by atoms with E-state index in [1.165, 1.54) is 6.92 Å². The Morgan fingerprint density at radius 1 is 1.25 bits per heavy atom. The molecule has 0 saturated carbocycles. The first-order valence-corrected chi connectivity index (χ1v) is 5.20. The van der Waals surface area contributed by atoms with Crippen molar-refractivity contribution in [3.8, 4) is 0 Å². The highest BCUT2D eigenvalue weighted by atomic mass is 16.2. The minimum absolute atomic E-state index is 0.148. The Labute approximate surface area is 95.8 Å². The Bertz CT molecular complexity index is 292. The maximum Gasteiger partial charge on any atom is 0.221 e. The van der Waals surface area contributed by atoms with E-state index in [4.69, 9.17) is 5.73 Å². The van der Waals surface area contributed by atoms with Crippen molar-refractivity contribution < 1.29 is 14.4 Å². The average molecular weight is 228 g/mol. The zero-order chi connectivity index (χ0) is 12.9. The highest BCUT2D eigenvalue weighted by Crippen LogP contribution is 2.18. The van der Waals surface area contributed by atoms with E-state index in [1.54, 1.807) is 0 Å². The topological polar surface area (TPSA) is 89.3 Å². The molecule has 0 rings (SSSR count). The second-order valence-corrected chi connectivity index (χ2v) is 5.14. The Morgan fingerprint density at radius 3 is 2.06 bits per heavy atom. The summed E-state index contributed by atoms with van der Waals surface area (Å²) in [5.74, 6) is -1.11. The summed E-state index contributed by atoms with van der Waals surface area (Å²) in [6, 6.07) is -0.799. The monoisotopic (exact) mass is 228 g/mol. The Hall–Kier alpha value is -1.39. The molecule has 0 heterocycles. The van der Waals surface area contributed by atoms with Gasteiger partial charge in [0.1, 0.15) is 0 Å². The summed E-state index contributed by atoms with van der Waals surface area (Å²) >= 11 is 0. The van der Waals surface area contributed by atoms with Gasteiger partial charge in [-0.1, -0.05) is 20.8 Å². The molecule has 0 aliphatic carbocycles. The van der Waals surface area contributed by atoms with E-state index in [0.717, 1.165) is 0 Å². The molecule has 5 nitrogen and oxygen atoms in total. The maximum absolute atomic E-state index is 11.5. The van der Waals surface area contributed by atoms with E-state index < -0.39 is 11.9 Å². The number of nitrogens with two attached hydrogens (primary N) is 1. The van der Waals surface area contributed by atoms with Crippen LogP contribution in [0.4, 0.5) is 0 Å². The van der Waals surface area contributed by atoms with Crippen molar-refractivity contribution in [1.82, 2.24) is 5.32 Å². The molecular weight excluding hydrogens is 208 g/mol. The van der Waals surface area contributed by atoms with Crippen LogP contribution in [0, 0.1) is 5.41 Å². The minimum atomic E-state index is -0.799. The number of amides is 2. The third-order valence-electron chi connectivity index (χ3n) is 1.92. The summed E-state index contributed by atoms with van der Waals surface area (Å²) in [6.45, 7) is 7.08. The summed E-state index contributed by atoms with van der Waals surface area (Å²) in [7, 11) is 0. The summed E-state index contributed by atoms with van der Waals surface area (Å²) < 4.78 is 0. The van der Waals surface area contributed by atoms with Gasteiger partial charge in [-0.3, -0.25) is 14.4 Å². The van der Waals surface area contributed by atoms with Crippen molar-refractivity contribution in [2.45, 2.75) is 46.6 Å². The van der Waals surface area contributed by atoms with Gasteiger partial charge >= 0.3 is 0 Å². The first kappa shape index (κ1) is 14.6. The lowest BCUT2D eigenvalue weighted by Crippen LogP contribution is -2.43.